The summed E-state index contributed by atoms with van der Waals surface area (Å²) in [5.74, 6) is -0.590. The van der Waals surface area contributed by atoms with Gasteiger partial charge in [-0.15, -0.1) is 0 Å². The zero-order valence-electron chi connectivity index (χ0n) is 32.0. The molecule has 5 aromatic rings. The van der Waals surface area contributed by atoms with Crippen molar-refractivity contribution in [3.05, 3.63) is 125 Å². The molecular formula is C43H48N4O7. The van der Waals surface area contributed by atoms with Gasteiger partial charge in [-0.25, -0.2) is 9.59 Å². The summed E-state index contributed by atoms with van der Waals surface area (Å²) in [4.78, 5) is 44.3. The monoisotopic (exact) mass is 732 g/mol. The van der Waals surface area contributed by atoms with Gasteiger partial charge in [0.15, 0.2) is 5.82 Å². The van der Waals surface area contributed by atoms with E-state index in [1.807, 2.05) is 78.2 Å². The normalized spacial score (nSPS) is 13.4. The molecule has 0 radical (unpaired) electrons. The highest BCUT2D eigenvalue weighted by atomic mass is 16.5. The van der Waals surface area contributed by atoms with Crippen molar-refractivity contribution in [3.63, 3.8) is 0 Å². The number of nitrogens with one attached hydrogen (secondary N) is 1. The molecule has 3 aromatic carbocycles. The van der Waals surface area contributed by atoms with Gasteiger partial charge in [0.1, 0.15) is 5.76 Å². The summed E-state index contributed by atoms with van der Waals surface area (Å²) in [5, 5.41) is 3.87. The second-order valence-electron chi connectivity index (χ2n) is 14.3. The second kappa shape index (κ2) is 16.8. The van der Waals surface area contributed by atoms with Crippen LogP contribution in [0.4, 0.5) is 0 Å². The molecule has 0 fully saturated rings. The lowest BCUT2D eigenvalue weighted by molar-refractivity contribution is -0.136. The number of carbonyl (C=O) groups is 2. The van der Waals surface area contributed by atoms with Gasteiger partial charge in [-0.3, -0.25) is 18.9 Å². The van der Waals surface area contributed by atoms with Crippen molar-refractivity contribution in [1.82, 2.24) is 19.7 Å². The summed E-state index contributed by atoms with van der Waals surface area (Å²) < 4.78 is 23.9. The number of benzene rings is 3. The van der Waals surface area contributed by atoms with E-state index in [-0.39, 0.29) is 18.0 Å². The Kier molecular flexibility index (Phi) is 12.2. The Labute approximate surface area is 315 Å². The number of para-hydroxylation sites is 1. The molecule has 0 amide bonds. The van der Waals surface area contributed by atoms with E-state index in [1.165, 1.54) is 6.92 Å². The maximum Gasteiger partial charge on any atom is 0.439 e. The van der Waals surface area contributed by atoms with Crippen LogP contribution in [-0.4, -0.2) is 44.8 Å². The number of H-pyrrole nitrogens is 1. The zero-order chi connectivity index (χ0) is 39.0. The third-order valence-corrected chi connectivity index (χ3v) is 9.42. The maximum absolute atomic E-state index is 13.9. The summed E-state index contributed by atoms with van der Waals surface area (Å²) in [6, 6.07) is 21.4. The molecule has 2 aromatic heterocycles. The Morgan fingerprint density at radius 2 is 1.69 bits per heavy atom. The average molecular weight is 733 g/mol. The van der Waals surface area contributed by atoms with E-state index in [0.29, 0.717) is 53.8 Å². The average Bonchev–Trinajstić information content (AvgIpc) is 3.73. The molecule has 0 saturated carbocycles. The molecule has 0 spiro atoms. The number of allylic oxidation sites excluding steroid dienone is 5. The lowest BCUT2D eigenvalue weighted by Gasteiger charge is -2.38. The summed E-state index contributed by atoms with van der Waals surface area (Å²) in [7, 11) is 0. The number of rotatable bonds is 16. The number of hydrogen-bond acceptors (Lipinski definition) is 9. The number of esters is 2. The maximum atomic E-state index is 13.9. The van der Waals surface area contributed by atoms with E-state index in [9.17, 15) is 14.4 Å². The Balaban J connectivity index is 1.38. The van der Waals surface area contributed by atoms with Gasteiger partial charge >= 0.3 is 17.7 Å². The Hall–Kier alpha value is -5.97. The van der Waals surface area contributed by atoms with Crippen LogP contribution in [0.25, 0.3) is 33.5 Å². The van der Waals surface area contributed by atoms with Crippen molar-refractivity contribution in [1.29, 1.82) is 0 Å². The van der Waals surface area contributed by atoms with Crippen molar-refractivity contribution in [2.45, 2.75) is 67.9 Å². The fourth-order valence-electron chi connectivity index (χ4n) is 6.84. The first-order valence-electron chi connectivity index (χ1n) is 18.0. The summed E-state index contributed by atoms with van der Waals surface area (Å²) in [6.07, 6.45) is 7.06. The highest BCUT2D eigenvalue weighted by Gasteiger charge is 2.34. The van der Waals surface area contributed by atoms with Crippen molar-refractivity contribution in [2.75, 3.05) is 13.2 Å². The number of aromatic amines is 1. The molecule has 0 saturated heterocycles. The van der Waals surface area contributed by atoms with Gasteiger partial charge in [0.05, 0.1) is 36.4 Å². The van der Waals surface area contributed by atoms with Crippen molar-refractivity contribution in [3.8, 4) is 28.5 Å². The molecule has 5 rings (SSSR count). The van der Waals surface area contributed by atoms with Gasteiger partial charge in [0, 0.05) is 12.5 Å². The predicted molar refractivity (Wildman–Crippen MR) is 209 cm³/mol. The molecule has 0 aliphatic heterocycles. The zero-order valence-corrected chi connectivity index (χ0v) is 32.0. The van der Waals surface area contributed by atoms with Crippen LogP contribution in [0.1, 0.15) is 77.2 Å². The van der Waals surface area contributed by atoms with E-state index in [2.05, 4.69) is 44.4 Å². The molecule has 1 atom stereocenters. The SMILES string of the molecule is C=C/C(=C\C=C(/C)OC(C)=O)C(C)(CC)CC(C)(C)COC(=O)c1cccc2nc(OCC)n(Cc3ccc(-c4ccccc4-c4noc(=O)[nH]4)cc3)c12. The Morgan fingerprint density at radius 3 is 2.31 bits per heavy atom. The molecule has 0 aliphatic carbocycles. The Bertz CT molecular complexity index is 2250. The van der Waals surface area contributed by atoms with Crippen LogP contribution in [-0.2, 0) is 20.8 Å². The topological polar surface area (TPSA) is 139 Å². The van der Waals surface area contributed by atoms with Crippen LogP contribution in [0.3, 0.4) is 0 Å². The van der Waals surface area contributed by atoms with E-state index >= 15 is 0 Å². The molecule has 1 N–H and O–H groups in total. The van der Waals surface area contributed by atoms with Gasteiger partial charge in [0.25, 0.3) is 6.01 Å². The molecule has 2 heterocycles. The van der Waals surface area contributed by atoms with E-state index in [1.54, 1.807) is 25.1 Å². The molecule has 54 heavy (non-hydrogen) atoms. The minimum Gasteiger partial charge on any atom is -0.465 e. The fourth-order valence-corrected chi connectivity index (χ4v) is 6.84. The molecule has 1 unspecified atom stereocenters. The van der Waals surface area contributed by atoms with Gasteiger partial charge < -0.3 is 14.2 Å². The number of nitrogens with zero attached hydrogens (tertiary/aromatic N) is 3. The quantitative estimate of drug-likeness (QED) is 0.0598. The van der Waals surface area contributed by atoms with Gasteiger partial charge in [-0.2, -0.15) is 4.98 Å². The highest BCUT2D eigenvalue weighted by Crippen LogP contribution is 2.43. The molecule has 282 valence electrons. The van der Waals surface area contributed by atoms with Crippen molar-refractivity contribution < 1.29 is 28.3 Å². The number of fused-ring (bicyclic) bond motifs is 1. The number of hydrogen-bond donors (Lipinski definition) is 1. The van der Waals surface area contributed by atoms with Crippen LogP contribution in [0.15, 0.2) is 112 Å². The smallest absolute Gasteiger partial charge is 0.439 e. The molecule has 0 bridgehead atoms. The van der Waals surface area contributed by atoms with Crippen LogP contribution in [0.2, 0.25) is 0 Å². The predicted octanol–water partition coefficient (Wildman–Crippen LogP) is 9.06. The minimum absolute atomic E-state index is 0.183. The first-order chi connectivity index (χ1) is 25.8. The number of aromatic nitrogens is 4. The van der Waals surface area contributed by atoms with Crippen LogP contribution >= 0.6 is 0 Å². The van der Waals surface area contributed by atoms with Crippen molar-refractivity contribution in [2.24, 2.45) is 10.8 Å². The van der Waals surface area contributed by atoms with E-state index < -0.39 is 17.1 Å². The summed E-state index contributed by atoms with van der Waals surface area (Å²) >= 11 is 0. The fraction of sp³-hybridized carbons (Fsp3) is 0.326. The van der Waals surface area contributed by atoms with Crippen LogP contribution < -0.4 is 10.5 Å². The lowest BCUT2D eigenvalue weighted by Crippen LogP contribution is -2.31. The van der Waals surface area contributed by atoms with Gasteiger partial charge in [0.2, 0.25) is 0 Å². The molecule has 11 nitrogen and oxygen atoms in total. The van der Waals surface area contributed by atoms with Crippen LogP contribution in [0.5, 0.6) is 6.01 Å². The largest absolute Gasteiger partial charge is 0.465 e. The summed E-state index contributed by atoms with van der Waals surface area (Å²) in [5.41, 5.74) is 5.45. The first-order valence-corrected chi connectivity index (χ1v) is 18.0. The van der Waals surface area contributed by atoms with Gasteiger partial charge in [-0.1, -0.05) is 106 Å². The van der Waals surface area contributed by atoms with Gasteiger partial charge in [-0.05, 0) is 78.0 Å². The van der Waals surface area contributed by atoms with Crippen molar-refractivity contribution >= 4 is 23.0 Å². The molecule has 11 heteroatoms. The highest BCUT2D eigenvalue weighted by molar-refractivity contribution is 6.02. The van der Waals surface area contributed by atoms with Crippen LogP contribution in [0, 0.1) is 10.8 Å². The standard InChI is InChI=1S/C43H48N4O7/c1-9-32(24-19-28(4)53-29(5)48)43(8,10-2)26-42(6,7)27-52-39(49)35-17-14-18-36-37(35)47(40(44-36)51-11-3)25-30-20-22-31(23-21-30)33-15-12-13-16-34(33)38-45-41(50)54-46-38/h9,12-24H,1,10-11,25-27H2,2-8H3,(H,45,46,50)/b28-19+,32-24+. The number of imidazole rings is 1. The first kappa shape index (κ1) is 39.2. The third-order valence-electron chi connectivity index (χ3n) is 9.42. The lowest BCUT2D eigenvalue weighted by atomic mass is 9.68. The molecule has 0 aliphatic rings. The molecular weight excluding hydrogens is 684 g/mol. The summed E-state index contributed by atoms with van der Waals surface area (Å²) in [6.45, 7) is 18.5. The van der Waals surface area contributed by atoms with E-state index in [4.69, 9.17) is 23.7 Å². The van der Waals surface area contributed by atoms with E-state index in [0.717, 1.165) is 34.2 Å². The second-order valence-corrected chi connectivity index (χ2v) is 14.3. The third kappa shape index (κ3) is 9.14. The Morgan fingerprint density at radius 1 is 0.963 bits per heavy atom. The number of ether oxygens (including phenoxy) is 3. The minimum atomic E-state index is -0.618. The number of carbonyl (C=O) groups excluding carboxylic acids is 2.